The molecule has 7 heteroatoms. The van der Waals surface area contributed by atoms with E-state index in [9.17, 15) is 19.8 Å². The second-order valence-corrected chi connectivity index (χ2v) is 7.71. The Morgan fingerprint density at radius 2 is 1.87 bits per heavy atom. The Bertz CT molecular complexity index is 999. The number of phenols is 1. The minimum absolute atomic E-state index is 0.00843. The van der Waals surface area contributed by atoms with Gasteiger partial charge in [0, 0.05) is 12.1 Å². The highest BCUT2D eigenvalue weighted by Gasteiger charge is 2.45. The largest absolute Gasteiger partial charge is 0.508 e. The van der Waals surface area contributed by atoms with Crippen molar-refractivity contribution in [1.29, 1.82) is 0 Å². The number of aromatic hydroxyl groups is 1. The first-order valence-electron chi connectivity index (χ1n) is 10.3. The molecule has 164 valence electrons. The summed E-state index contributed by atoms with van der Waals surface area (Å²) < 4.78 is 5.50. The maximum Gasteiger partial charge on any atom is 0.295 e. The number of aliphatic hydroxyl groups excluding tert-OH is 1. The molecule has 1 atom stereocenters. The summed E-state index contributed by atoms with van der Waals surface area (Å²) in [6.07, 6.45) is 0.662. The molecule has 3 rings (SSSR count). The maximum absolute atomic E-state index is 13.0. The highest BCUT2D eigenvalue weighted by Crippen LogP contribution is 2.40. The number of likely N-dealkylation sites (tertiary alicyclic amines) is 1. The first-order chi connectivity index (χ1) is 14.8. The van der Waals surface area contributed by atoms with E-state index < -0.39 is 17.7 Å². The van der Waals surface area contributed by atoms with Crippen molar-refractivity contribution in [3.8, 4) is 11.5 Å². The van der Waals surface area contributed by atoms with Gasteiger partial charge in [0.15, 0.2) is 0 Å². The second kappa shape index (κ2) is 9.66. The van der Waals surface area contributed by atoms with Gasteiger partial charge >= 0.3 is 0 Å². The van der Waals surface area contributed by atoms with Crippen LogP contribution in [-0.4, -0.2) is 65.5 Å². The van der Waals surface area contributed by atoms with Gasteiger partial charge in [0.1, 0.15) is 17.3 Å². The number of aliphatic hydroxyl groups is 1. The van der Waals surface area contributed by atoms with Crippen molar-refractivity contribution in [3.05, 3.63) is 65.2 Å². The minimum Gasteiger partial charge on any atom is -0.508 e. The number of Topliss-reactive ketones (excluding diaryl/α,β-unsaturated/α-hetero) is 1. The van der Waals surface area contributed by atoms with Crippen molar-refractivity contribution in [2.45, 2.75) is 19.4 Å². The Morgan fingerprint density at radius 3 is 2.55 bits per heavy atom. The fourth-order valence-corrected chi connectivity index (χ4v) is 3.76. The number of carbonyl (C=O) groups excluding carboxylic acids is 2. The SMILES string of the molecule is CCOc1cccc(/C(O)=C2\C(=O)C(=O)N(CCCN(C)C)C2c2cccc(O)c2)c1. The molecule has 1 unspecified atom stereocenters. The number of benzene rings is 2. The van der Waals surface area contributed by atoms with Crippen LogP contribution in [-0.2, 0) is 9.59 Å². The summed E-state index contributed by atoms with van der Waals surface area (Å²) in [6, 6.07) is 12.4. The lowest BCUT2D eigenvalue weighted by Crippen LogP contribution is -2.32. The molecule has 31 heavy (non-hydrogen) atoms. The number of nitrogens with zero attached hydrogens (tertiary/aromatic N) is 2. The molecule has 0 saturated carbocycles. The van der Waals surface area contributed by atoms with E-state index in [1.165, 1.54) is 17.0 Å². The van der Waals surface area contributed by atoms with Crippen LogP contribution in [0.5, 0.6) is 11.5 Å². The molecule has 2 N–H and O–H groups in total. The molecular weight excluding hydrogens is 396 g/mol. The van der Waals surface area contributed by atoms with Gasteiger partial charge < -0.3 is 24.7 Å². The van der Waals surface area contributed by atoms with E-state index in [0.717, 1.165) is 6.54 Å². The Hall–Kier alpha value is -3.32. The number of ketones is 1. The first kappa shape index (κ1) is 22.4. The number of ether oxygens (including phenoxy) is 1. The van der Waals surface area contributed by atoms with Gasteiger partial charge in [0.05, 0.1) is 18.2 Å². The molecule has 1 aliphatic rings. The number of rotatable bonds is 8. The van der Waals surface area contributed by atoms with Gasteiger partial charge in [-0.25, -0.2) is 0 Å². The number of phenolic OH excluding ortho intramolecular Hbond substituents is 1. The molecule has 0 bridgehead atoms. The van der Waals surface area contributed by atoms with Crippen LogP contribution < -0.4 is 4.74 Å². The van der Waals surface area contributed by atoms with Crippen LogP contribution in [0.15, 0.2) is 54.1 Å². The maximum atomic E-state index is 13.0. The second-order valence-electron chi connectivity index (χ2n) is 7.71. The van der Waals surface area contributed by atoms with Crippen LogP contribution in [0.3, 0.4) is 0 Å². The fraction of sp³-hybridized carbons (Fsp3) is 0.333. The van der Waals surface area contributed by atoms with E-state index in [0.29, 0.717) is 36.4 Å². The number of hydrogen-bond donors (Lipinski definition) is 2. The third kappa shape index (κ3) is 4.88. The zero-order chi connectivity index (χ0) is 22.5. The molecule has 1 saturated heterocycles. The van der Waals surface area contributed by atoms with Crippen LogP contribution in [0.25, 0.3) is 5.76 Å². The summed E-state index contributed by atoms with van der Waals surface area (Å²) in [6.45, 7) is 3.41. The predicted octanol–water partition coefficient (Wildman–Crippen LogP) is 3.16. The van der Waals surface area contributed by atoms with Gasteiger partial charge in [0.25, 0.3) is 11.7 Å². The number of carbonyl (C=O) groups is 2. The third-order valence-corrected chi connectivity index (χ3v) is 5.15. The van der Waals surface area contributed by atoms with E-state index in [2.05, 4.69) is 0 Å². The van der Waals surface area contributed by atoms with Crippen LogP contribution in [0, 0.1) is 0 Å². The lowest BCUT2D eigenvalue weighted by Gasteiger charge is -2.26. The zero-order valence-electron chi connectivity index (χ0n) is 18.0. The molecule has 0 radical (unpaired) electrons. The molecule has 0 spiro atoms. The normalized spacial score (nSPS) is 18.1. The van der Waals surface area contributed by atoms with E-state index in [1.54, 1.807) is 36.4 Å². The summed E-state index contributed by atoms with van der Waals surface area (Å²) in [7, 11) is 3.87. The van der Waals surface area contributed by atoms with Crippen molar-refractivity contribution < 1.29 is 24.5 Å². The smallest absolute Gasteiger partial charge is 0.295 e. The third-order valence-electron chi connectivity index (χ3n) is 5.15. The quantitative estimate of drug-likeness (QED) is 0.384. The molecule has 1 fully saturated rings. The lowest BCUT2D eigenvalue weighted by molar-refractivity contribution is -0.139. The molecule has 1 amide bonds. The van der Waals surface area contributed by atoms with Crippen molar-refractivity contribution in [1.82, 2.24) is 9.80 Å². The number of amides is 1. The van der Waals surface area contributed by atoms with Gasteiger partial charge in [-0.2, -0.15) is 0 Å². The standard InChI is InChI=1S/C24H28N2O5/c1-4-31-19-11-6-9-17(15-19)22(28)20-21(16-8-5-10-18(27)14-16)26(24(30)23(20)29)13-7-12-25(2)3/h5-6,8-11,14-15,21,27-28H,4,7,12-13H2,1-3H3/b22-20+. The summed E-state index contributed by atoms with van der Waals surface area (Å²) >= 11 is 0. The van der Waals surface area contributed by atoms with Gasteiger partial charge in [0.2, 0.25) is 0 Å². The summed E-state index contributed by atoms with van der Waals surface area (Å²) in [5.74, 6) is -1.08. The van der Waals surface area contributed by atoms with Gasteiger partial charge in [-0.15, -0.1) is 0 Å². The van der Waals surface area contributed by atoms with Crippen LogP contribution in [0.2, 0.25) is 0 Å². The van der Waals surface area contributed by atoms with Crippen molar-refractivity contribution in [2.75, 3.05) is 33.8 Å². The fourth-order valence-electron chi connectivity index (χ4n) is 3.76. The van der Waals surface area contributed by atoms with E-state index in [1.807, 2.05) is 25.9 Å². The van der Waals surface area contributed by atoms with E-state index >= 15 is 0 Å². The predicted molar refractivity (Wildman–Crippen MR) is 118 cm³/mol. The molecule has 0 aliphatic carbocycles. The Labute approximate surface area is 182 Å². The lowest BCUT2D eigenvalue weighted by atomic mass is 9.95. The average Bonchev–Trinajstić information content (AvgIpc) is 2.98. The van der Waals surface area contributed by atoms with Gasteiger partial charge in [-0.05, 0) is 63.8 Å². The summed E-state index contributed by atoms with van der Waals surface area (Å²) in [5, 5.41) is 21.1. The molecule has 0 aromatic heterocycles. The highest BCUT2D eigenvalue weighted by atomic mass is 16.5. The Kier molecular flexibility index (Phi) is 6.97. The molecule has 1 aliphatic heterocycles. The summed E-state index contributed by atoms with van der Waals surface area (Å²) in [5.41, 5.74) is 0.961. The van der Waals surface area contributed by atoms with Crippen molar-refractivity contribution in [2.24, 2.45) is 0 Å². The Morgan fingerprint density at radius 1 is 1.13 bits per heavy atom. The molecule has 2 aromatic rings. The molecule has 7 nitrogen and oxygen atoms in total. The summed E-state index contributed by atoms with van der Waals surface area (Å²) in [4.78, 5) is 29.4. The topological polar surface area (TPSA) is 90.3 Å². The van der Waals surface area contributed by atoms with E-state index in [4.69, 9.17) is 4.74 Å². The average molecular weight is 424 g/mol. The first-order valence-corrected chi connectivity index (χ1v) is 10.3. The minimum atomic E-state index is -0.787. The monoisotopic (exact) mass is 424 g/mol. The number of hydrogen-bond acceptors (Lipinski definition) is 6. The van der Waals surface area contributed by atoms with Gasteiger partial charge in [-0.3, -0.25) is 9.59 Å². The molecule has 2 aromatic carbocycles. The van der Waals surface area contributed by atoms with Crippen molar-refractivity contribution in [3.63, 3.8) is 0 Å². The molecular formula is C24H28N2O5. The molecule has 1 heterocycles. The van der Waals surface area contributed by atoms with Crippen LogP contribution >= 0.6 is 0 Å². The van der Waals surface area contributed by atoms with E-state index in [-0.39, 0.29) is 17.1 Å². The van der Waals surface area contributed by atoms with Gasteiger partial charge in [-0.1, -0.05) is 24.3 Å². The highest BCUT2D eigenvalue weighted by molar-refractivity contribution is 6.46. The Balaban J connectivity index is 2.09. The zero-order valence-corrected chi connectivity index (χ0v) is 18.0. The van der Waals surface area contributed by atoms with Crippen LogP contribution in [0.1, 0.15) is 30.5 Å². The van der Waals surface area contributed by atoms with Crippen molar-refractivity contribution >= 4 is 17.4 Å². The van der Waals surface area contributed by atoms with Crippen LogP contribution in [0.4, 0.5) is 0 Å².